The molecule has 0 fully saturated rings. The molecule has 10 nitrogen and oxygen atoms in total. The Kier molecular flexibility index (Phi) is 9.64. The highest BCUT2D eigenvalue weighted by Gasteiger charge is 2.23. The van der Waals surface area contributed by atoms with Crippen LogP contribution >= 0.6 is 11.6 Å². The second kappa shape index (κ2) is 12.4. The third kappa shape index (κ3) is 8.09. The van der Waals surface area contributed by atoms with Gasteiger partial charge in [-0.3, -0.25) is 19.4 Å². The van der Waals surface area contributed by atoms with Crippen molar-refractivity contribution in [2.75, 3.05) is 25.0 Å². The highest BCUT2D eigenvalue weighted by Crippen LogP contribution is 2.32. The topological polar surface area (TPSA) is 166 Å². The maximum absolute atomic E-state index is 12.4. The van der Waals surface area contributed by atoms with Gasteiger partial charge in [-0.05, 0) is 42.8 Å². The van der Waals surface area contributed by atoms with Crippen molar-refractivity contribution >= 4 is 41.4 Å². The first kappa shape index (κ1) is 25.6. The lowest BCUT2D eigenvalue weighted by Crippen LogP contribution is -2.39. The average molecular weight is 476 g/mol. The summed E-state index contributed by atoms with van der Waals surface area (Å²) in [5.74, 6) is -2.46. The lowest BCUT2D eigenvalue weighted by atomic mass is 10.00. The Morgan fingerprint density at radius 3 is 2.70 bits per heavy atom. The van der Waals surface area contributed by atoms with Crippen molar-refractivity contribution in [3.63, 3.8) is 0 Å². The molecule has 0 saturated heterocycles. The quantitative estimate of drug-likeness (QED) is 0.213. The van der Waals surface area contributed by atoms with E-state index < -0.39 is 36.8 Å². The number of carbonyl (C=O) groups is 3. The molecule has 2 aromatic carbocycles. The van der Waals surface area contributed by atoms with Crippen LogP contribution in [0.2, 0.25) is 5.02 Å². The number of nitrogens with one attached hydrogen (secondary N) is 3. The van der Waals surface area contributed by atoms with E-state index in [-0.39, 0.29) is 11.3 Å². The maximum Gasteiger partial charge on any atom is 0.305 e. The Morgan fingerprint density at radius 1 is 1.24 bits per heavy atom. The summed E-state index contributed by atoms with van der Waals surface area (Å²) in [4.78, 5) is 40.2. The maximum atomic E-state index is 12.4. The summed E-state index contributed by atoms with van der Waals surface area (Å²) in [6, 6.07) is 8.45. The Morgan fingerprint density at radius 2 is 2.00 bits per heavy atom. The zero-order valence-electron chi connectivity index (χ0n) is 18.0. The normalized spacial score (nSPS) is 11.7. The highest BCUT2D eigenvalue weighted by atomic mass is 35.5. The van der Waals surface area contributed by atoms with Gasteiger partial charge in [-0.25, -0.2) is 0 Å². The van der Waals surface area contributed by atoms with E-state index in [9.17, 15) is 24.6 Å². The van der Waals surface area contributed by atoms with Crippen molar-refractivity contribution in [2.24, 2.45) is 10.7 Å². The number of carboxylic acid groups (broad SMARTS) is 1. The SMILES string of the molecule is Cc1cc(Cl)cc([C@@H](CC(=O)O)NC(=O)CNC(=O)c2cccc(NC=NCCN)c2)c1O. The first-order valence-corrected chi connectivity index (χ1v) is 10.4. The first-order chi connectivity index (χ1) is 15.7. The average Bonchev–Trinajstić information content (AvgIpc) is 2.77. The minimum absolute atomic E-state index is 0.158. The summed E-state index contributed by atoms with van der Waals surface area (Å²) < 4.78 is 0. The number of anilines is 1. The molecular weight excluding hydrogens is 450 g/mol. The molecule has 11 heteroatoms. The number of rotatable bonds is 11. The van der Waals surface area contributed by atoms with Crippen molar-refractivity contribution in [1.29, 1.82) is 0 Å². The number of aliphatic carboxylic acids is 1. The first-order valence-electron chi connectivity index (χ1n) is 10.0. The van der Waals surface area contributed by atoms with Crippen LogP contribution in [0.5, 0.6) is 5.75 Å². The predicted octanol–water partition coefficient (Wildman–Crippen LogP) is 1.81. The highest BCUT2D eigenvalue weighted by molar-refractivity contribution is 6.30. The monoisotopic (exact) mass is 475 g/mol. The standard InChI is InChI=1S/C22H26ClN5O5/c1-13-7-15(23)9-17(21(13)32)18(10-20(30)31)28-19(29)11-26-22(33)14-3-2-4-16(8-14)27-12-25-6-5-24/h2-4,7-9,12,18,32H,5-6,10-11,24H2,1H3,(H,25,27)(H,26,33)(H,28,29)(H,30,31)/t18-/m1/s1. The molecule has 1 atom stereocenters. The summed E-state index contributed by atoms with van der Waals surface area (Å²) in [7, 11) is 0. The number of nitrogens with zero attached hydrogens (tertiary/aromatic N) is 1. The molecule has 0 unspecified atom stereocenters. The van der Waals surface area contributed by atoms with Gasteiger partial charge >= 0.3 is 5.97 Å². The van der Waals surface area contributed by atoms with Gasteiger partial charge in [-0.2, -0.15) is 0 Å². The fourth-order valence-electron chi connectivity index (χ4n) is 2.96. The molecule has 0 spiro atoms. The molecule has 2 rings (SSSR count). The van der Waals surface area contributed by atoms with Crippen LogP contribution in [0.25, 0.3) is 0 Å². The number of carboxylic acids is 1. The van der Waals surface area contributed by atoms with Crippen LogP contribution < -0.4 is 21.7 Å². The molecule has 0 heterocycles. The van der Waals surface area contributed by atoms with E-state index in [0.29, 0.717) is 34.9 Å². The Bertz CT molecular complexity index is 1040. The summed E-state index contributed by atoms with van der Waals surface area (Å²) in [6.07, 6.45) is 0.999. The van der Waals surface area contributed by atoms with Crippen LogP contribution in [0, 0.1) is 6.92 Å². The van der Waals surface area contributed by atoms with E-state index in [1.165, 1.54) is 18.5 Å². The van der Waals surface area contributed by atoms with E-state index in [0.717, 1.165) is 0 Å². The number of halogens is 1. The minimum atomic E-state index is -1.18. The van der Waals surface area contributed by atoms with Gasteiger partial charge in [0.25, 0.3) is 5.91 Å². The number of hydrogen-bond donors (Lipinski definition) is 6. The number of benzene rings is 2. The molecule has 0 saturated carbocycles. The van der Waals surface area contributed by atoms with Gasteiger partial charge < -0.3 is 31.9 Å². The molecular formula is C22H26ClN5O5. The second-order valence-corrected chi connectivity index (χ2v) is 7.55. The molecule has 33 heavy (non-hydrogen) atoms. The Balaban J connectivity index is 2.02. The summed E-state index contributed by atoms with van der Waals surface area (Å²) in [5, 5.41) is 27.7. The zero-order chi connectivity index (χ0) is 24.4. The van der Waals surface area contributed by atoms with E-state index in [1.54, 1.807) is 31.2 Å². The third-order valence-corrected chi connectivity index (χ3v) is 4.72. The van der Waals surface area contributed by atoms with Crippen LogP contribution in [0.15, 0.2) is 41.4 Å². The lowest BCUT2D eigenvalue weighted by molar-refractivity contribution is -0.137. The fourth-order valence-corrected chi connectivity index (χ4v) is 3.24. The molecule has 2 aromatic rings. The van der Waals surface area contributed by atoms with Crippen molar-refractivity contribution in [3.8, 4) is 5.75 Å². The number of aliphatic imine (C=N–C) groups is 1. The van der Waals surface area contributed by atoms with Crippen LogP contribution in [0.3, 0.4) is 0 Å². The molecule has 0 aliphatic heterocycles. The second-order valence-electron chi connectivity index (χ2n) is 7.11. The summed E-state index contributed by atoms with van der Waals surface area (Å²) >= 11 is 6.02. The Labute approximate surface area is 195 Å². The molecule has 2 amide bonds. The largest absolute Gasteiger partial charge is 0.507 e. The van der Waals surface area contributed by atoms with Gasteiger partial charge in [-0.1, -0.05) is 17.7 Å². The van der Waals surface area contributed by atoms with E-state index in [1.807, 2.05) is 0 Å². The molecule has 0 aromatic heterocycles. The van der Waals surface area contributed by atoms with E-state index >= 15 is 0 Å². The molecule has 0 bridgehead atoms. The number of aromatic hydroxyl groups is 1. The number of carbonyl (C=O) groups excluding carboxylic acids is 2. The lowest BCUT2D eigenvalue weighted by Gasteiger charge is -2.20. The molecule has 0 aliphatic carbocycles. The van der Waals surface area contributed by atoms with E-state index in [4.69, 9.17) is 17.3 Å². The fraction of sp³-hybridized carbons (Fsp3) is 0.273. The third-order valence-electron chi connectivity index (χ3n) is 4.50. The number of hydrogen-bond acceptors (Lipinski definition) is 6. The van der Waals surface area contributed by atoms with Gasteiger partial charge in [0.1, 0.15) is 5.75 Å². The van der Waals surface area contributed by atoms with Gasteiger partial charge in [-0.15, -0.1) is 0 Å². The van der Waals surface area contributed by atoms with E-state index in [2.05, 4.69) is 20.9 Å². The number of nitrogens with two attached hydrogens (primary N) is 1. The summed E-state index contributed by atoms with van der Waals surface area (Å²) in [6.45, 7) is 2.10. The number of amides is 2. The number of phenolic OH excluding ortho intramolecular Hbond substituents is 1. The number of aryl methyl sites for hydroxylation is 1. The van der Waals surface area contributed by atoms with Gasteiger partial charge in [0.05, 0.1) is 31.9 Å². The van der Waals surface area contributed by atoms with Gasteiger partial charge in [0.15, 0.2) is 0 Å². The minimum Gasteiger partial charge on any atom is -0.507 e. The van der Waals surface area contributed by atoms with Crippen molar-refractivity contribution < 1.29 is 24.6 Å². The van der Waals surface area contributed by atoms with Crippen molar-refractivity contribution in [1.82, 2.24) is 10.6 Å². The molecule has 176 valence electrons. The van der Waals surface area contributed by atoms with Crippen molar-refractivity contribution in [2.45, 2.75) is 19.4 Å². The molecule has 0 radical (unpaired) electrons. The predicted molar refractivity (Wildman–Crippen MR) is 126 cm³/mol. The van der Waals surface area contributed by atoms with Gasteiger partial charge in [0, 0.05) is 28.4 Å². The van der Waals surface area contributed by atoms with Gasteiger partial charge in [0.2, 0.25) is 5.91 Å². The zero-order valence-corrected chi connectivity index (χ0v) is 18.7. The van der Waals surface area contributed by atoms with Crippen LogP contribution in [-0.2, 0) is 9.59 Å². The number of phenols is 1. The smallest absolute Gasteiger partial charge is 0.305 e. The summed E-state index contributed by atoms with van der Waals surface area (Å²) in [5.41, 5.74) is 6.92. The van der Waals surface area contributed by atoms with Crippen LogP contribution in [0.1, 0.15) is 33.9 Å². The van der Waals surface area contributed by atoms with Crippen LogP contribution in [0.4, 0.5) is 5.69 Å². The molecule has 0 aliphatic rings. The van der Waals surface area contributed by atoms with Crippen molar-refractivity contribution in [3.05, 3.63) is 58.1 Å². The Hall–Kier alpha value is -3.63. The molecule has 7 N–H and O–H groups in total. The van der Waals surface area contributed by atoms with Crippen LogP contribution in [-0.4, -0.2) is 54.0 Å².